The predicted octanol–water partition coefficient (Wildman–Crippen LogP) is 2.52. The zero-order valence-corrected chi connectivity index (χ0v) is 10.1. The van der Waals surface area contributed by atoms with Crippen molar-refractivity contribution in [2.75, 3.05) is 13.7 Å². The number of methoxy groups -OCH3 is 1. The molecule has 0 heterocycles. The summed E-state index contributed by atoms with van der Waals surface area (Å²) in [6.45, 7) is 3.53. The van der Waals surface area contributed by atoms with Crippen molar-refractivity contribution in [2.24, 2.45) is 0 Å². The second-order valence-electron chi connectivity index (χ2n) is 3.93. The van der Waals surface area contributed by atoms with Gasteiger partial charge in [0.2, 0.25) is 0 Å². The number of ether oxygens (including phenoxy) is 1. The molecule has 0 aromatic heterocycles. The van der Waals surface area contributed by atoms with E-state index in [0.717, 1.165) is 19.4 Å². The molecule has 0 aliphatic rings. The highest BCUT2D eigenvalue weighted by molar-refractivity contribution is 5.13. The van der Waals surface area contributed by atoms with E-state index in [-0.39, 0.29) is 0 Å². The van der Waals surface area contributed by atoms with Crippen LogP contribution in [-0.4, -0.2) is 19.8 Å². The number of hydrogen-bond donors (Lipinski definition) is 1. The van der Waals surface area contributed by atoms with Crippen LogP contribution in [0.25, 0.3) is 0 Å². The summed E-state index contributed by atoms with van der Waals surface area (Å²) < 4.78 is 5.00. The lowest BCUT2D eigenvalue weighted by molar-refractivity contribution is 0.00419. The van der Waals surface area contributed by atoms with Crippen molar-refractivity contribution in [2.45, 2.75) is 32.4 Å². The predicted molar refractivity (Wildman–Crippen MR) is 64.9 cm³/mol. The van der Waals surface area contributed by atoms with Crippen LogP contribution in [0.3, 0.4) is 0 Å². The van der Waals surface area contributed by atoms with E-state index in [1.807, 2.05) is 18.2 Å². The van der Waals surface area contributed by atoms with Crippen LogP contribution >= 0.6 is 0 Å². The number of benzene rings is 1. The summed E-state index contributed by atoms with van der Waals surface area (Å²) in [5.41, 5.74) is 4.21. The Morgan fingerprint density at radius 2 is 2.00 bits per heavy atom. The van der Waals surface area contributed by atoms with E-state index < -0.39 is 0 Å². The van der Waals surface area contributed by atoms with Gasteiger partial charge in [-0.2, -0.15) is 5.48 Å². The highest BCUT2D eigenvalue weighted by Crippen LogP contribution is 2.01. The van der Waals surface area contributed by atoms with E-state index in [4.69, 9.17) is 9.57 Å². The average Bonchev–Trinajstić information content (AvgIpc) is 2.31. The molecule has 0 saturated carbocycles. The Morgan fingerprint density at radius 3 is 2.69 bits per heavy atom. The van der Waals surface area contributed by atoms with Crippen LogP contribution in [0.5, 0.6) is 0 Å². The minimum absolute atomic E-state index is 0.360. The monoisotopic (exact) mass is 223 g/mol. The summed E-state index contributed by atoms with van der Waals surface area (Å²) in [5.74, 6) is 0. The van der Waals surface area contributed by atoms with Gasteiger partial charge in [0.1, 0.15) is 0 Å². The molecule has 3 nitrogen and oxygen atoms in total. The molecule has 0 amide bonds. The fourth-order valence-electron chi connectivity index (χ4n) is 1.43. The first-order valence-electron chi connectivity index (χ1n) is 5.73. The normalized spacial score (nSPS) is 12.6. The molecule has 0 bridgehead atoms. The lowest BCUT2D eigenvalue weighted by Crippen LogP contribution is -2.26. The number of hydroxylamine groups is 1. The van der Waals surface area contributed by atoms with Gasteiger partial charge in [0.15, 0.2) is 0 Å². The van der Waals surface area contributed by atoms with Crippen LogP contribution in [0.2, 0.25) is 0 Å². The first-order valence-corrected chi connectivity index (χ1v) is 5.73. The van der Waals surface area contributed by atoms with Crippen molar-refractivity contribution in [1.82, 2.24) is 5.48 Å². The molecule has 16 heavy (non-hydrogen) atoms. The smallest absolute Gasteiger partial charge is 0.0933 e. The number of rotatable bonds is 8. The van der Waals surface area contributed by atoms with E-state index in [1.54, 1.807) is 7.11 Å². The van der Waals surface area contributed by atoms with Gasteiger partial charge in [-0.1, -0.05) is 30.3 Å². The van der Waals surface area contributed by atoms with E-state index in [9.17, 15) is 0 Å². The number of hydrogen-bond acceptors (Lipinski definition) is 3. The first-order chi connectivity index (χ1) is 7.83. The highest BCUT2D eigenvalue weighted by Gasteiger charge is 2.00. The zero-order valence-electron chi connectivity index (χ0n) is 10.1. The second-order valence-corrected chi connectivity index (χ2v) is 3.93. The lowest BCUT2D eigenvalue weighted by atomic mass is 10.2. The maximum absolute atomic E-state index is 5.42. The van der Waals surface area contributed by atoms with Gasteiger partial charge in [0.05, 0.1) is 6.61 Å². The molecule has 0 spiro atoms. The van der Waals surface area contributed by atoms with E-state index in [2.05, 4.69) is 24.5 Å². The van der Waals surface area contributed by atoms with Crippen molar-refractivity contribution in [3.05, 3.63) is 35.9 Å². The van der Waals surface area contributed by atoms with E-state index in [0.29, 0.717) is 12.6 Å². The minimum atomic E-state index is 0.360. The van der Waals surface area contributed by atoms with E-state index >= 15 is 0 Å². The standard InChI is InChI=1S/C13H21NO2/c1-12(7-6-10-15-2)14-16-11-13-8-4-3-5-9-13/h3-5,8-9,12,14H,6-7,10-11H2,1-2H3. The van der Waals surface area contributed by atoms with Gasteiger partial charge in [-0.15, -0.1) is 0 Å². The van der Waals surface area contributed by atoms with Gasteiger partial charge in [-0.05, 0) is 25.3 Å². The van der Waals surface area contributed by atoms with Gasteiger partial charge in [-0.3, -0.25) is 4.84 Å². The fourth-order valence-corrected chi connectivity index (χ4v) is 1.43. The maximum atomic E-state index is 5.42. The third-order valence-corrected chi connectivity index (χ3v) is 2.35. The summed E-state index contributed by atoms with van der Waals surface area (Å²) in [4.78, 5) is 5.42. The second kappa shape index (κ2) is 8.28. The molecule has 1 aromatic carbocycles. The van der Waals surface area contributed by atoms with Gasteiger partial charge in [0.25, 0.3) is 0 Å². The highest BCUT2D eigenvalue weighted by atomic mass is 16.6. The molecule has 1 N–H and O–H groups in total. The lowest BCUT2D eigenvalue weighted by Gasteiger charge is -2.13. The Hall–Kier alpha value is -0.900. The molecular weight excluding hydrogens is 202 g/mol. The van der Waals surface area contributed by atoms with Crippen molar-refractivity contribution in [3.8, 4) is 0 Å². The molecule has 1 aromatic rings. The minimum Gasteiger partial charge on any atom is -0.385 e. The zero-order chi connectivity index (χ0) is 11.6. The summed E-state index contributed by atoms with van der Waals surface area (Å²) >= 11 is 0. The Morgan fingerprint density at radius 1 is 1.25 bits per heavy atom. The van der Waals surface area contributed by atoms with Crippen molar-refractivity contribution < 1.29 is 9.57 Å². The maximum Gasteiger partial charge on any atom is 0.0933 e. The average molecular weight is 223 g/mol. The molecule has 0 radical (unpaired) electrons. The van der Waals surface area contributed by atoms with Crippen LogP contribution in [0.4, 0.5) is 0 Å². The molecule has 0 fully saturated rings. The largest absolute Gasteiger partial charge is 0.385 e. The summed E-state index contributed by atoms with van der Waals surface area (Å²) in [7, 11) is 1.73. The van der Waals surface area contributed by atoms with Crippen molar-refractivity contribution >= 4 is 0 Å². The molecule has 3 heteroatoms. The Labute approximate surface area is 97.7 Å². The fraction of sp³-hybridized carbons (Fsp3) is 0.538. The van der Waals surface area contributed by atoms with Gasteiger partial charge in [-0.25, -0.2) is 0 Å². The van der Waals surface area contributed by atoms with Crippen LogP contribution in [-0.2, 0) is 16.2 Å². The quantitative estimate of drug-likeness (QED) is 0.542. The van der Waals surface area contributed by atoms with Crippen LogP contribution < -0.4 is 5.48 Å². The molecule has 1 unspecified atom stereocenters. The third-order valence-electron chi connectivity index (χ3n) is 2.35. The Balaban J connectivity index is 2.06. The summed E-state index contributed by atoms with van der Waals surface area (Å²) in [6, 6.07) is 10.5. The van der Waals surface area contributed by atoms with E-state index in [1.165, 1.54) is 5.56 Å². The summed E-state index contributed by atoms with van der Waals surface area (Å²) in [6.07, 6.45) is 2.11. The van der Waals surface area contributed by atoms with Crippen LogP contribution in [0, 0.1) is 0 Å². The molecule has 1 atom stereocenters. The number of nitrogens with one attached hydrogen (secondary N) is 1. The Bertz CT molecular complexity index is 264. The molecule has 90 valence electrons. The Kier molecular flexibility index (Phi) is 6.81. The van der Waals surface area contributed by atoms with Crippen molar-refractivity contribution in [1.29, 1.82) is 0 Å². The summed E-state index contributed by atoms with van der Waals surface area (Å²) in [5, 5.41) is 0. The van der Waals surface area contributed by atoms with Crippen molar-refractivity contribution in [3.63, 3.8) is 0 Å². The molecular formula is C13H21NO2. The van der Waals surface area contributed by atoms with Gasteiger partial charge in [0, 0.05) is 19.8 Å². The van der Waals surface area contributed by atoms with Crippen LogP contribution in [0.1, 0.15) is 25.3 Å². The van der Waals surface area contributed by atoms with Crippen LogP contribution in [0.15, 0.2) is 30.3 Å². The first kappa shape index (κ1) is 13.2. The molecule has 0 saturated heterocycles. The molecule has 0 aliphatic heterocycles. The SMILES string of the molecule is COCCCC(C)NOCc1ccccc1. The molecule has 0 aliphatic carbocycles. The van der Waals surface area contributed by atoms with Gasteiger partial charge < -0.3 is 4.74 Å². The topological polar surface area (TPSA) is 30.5 Å². The third kappa shape index (κ3) is 5.85. The molecule has 1 rings (SSSR count). The van der Waals surface area contributed by atoms with Gasteiger partial charge >= 0.3 is 0 Å².